The van der Waals surface area contributed by atoms with E-state index in [1.807, 2.05) is 0 Å². The molecule has 1 aromatic heterocycles. The molecule has 2 atom stereocenters. The lowest BCUT2D eigenvalue weighted by Crippen LogP contribution is -2.38. The molecule has 1 aliphatic carbocycles. The van der Waals surface area contributed by atoms with E-state index in [4.69, 9.17) is 5.73 Å². The van der Waals surface area contributed by atoms with E-state index in [2.05, 4.69) is 17.2 Å². The molecule has 4 heteroatoms. The molecular weight excluding hydrogens is 226 g/mol. The third kappa shape index (κ3) is 3.22. The van der Waals surface area contributed by atoms with Crippen LogP contribution < -0.4 is 11.1 Å². The number of rotatable bonds is 3. The molecule has 0 bridgehead atoms. The summed E-state index contributed by atoms with van der Waals surface area (Å²) in [5.74, 6) is 1.16. The van der Waals surface area contributed by atoms with Gasteiger partial charge in [-0.25, -0.2) is 4.98 Å². The number of carbonyl (C=O) groups excluding carboxylic acids is 1. The minimum absolute atomic E-state index is 0.0377. The summed E-state index contributed by atoms with van der Waals surface area (Å²) >= 11 is 0. The zero-order valence-electron chi connectivity index (χ0n) is 10.9. The van der Waals surface area contributed by atoms with Crippen LogP contribution in [0.15, 0.2) is 18.3 Å². The Morgan fingerprint density at radius 1 is 1.50 bits per heavy atom. The number of anilines is 1. The van der Waals surface area contributed by atoms with Gasteiger partial charge in [0, 0.05) is 12.2 Å². The van der Waals surface area contributed by atoms with Crippen LogP contribution in [0.25, 0.3) is 0 Å². The molecule has 1 fully saturated rings. The molecule has 18 heavy (non-hydrogen) atoms. The number of amides is 1. The maximum Gasteiger partial charge on any atom is 0.253 e. The summed E-state index contributed by atoms with van der Waals surface area (Å²) in [5.41, 5.74) is 6.09. The molecule has 1 aromatic rings. The van der Waals surface area contributed by atoms with Crippen molar-refractivity contribution in [2.45, 2.75) is 45.1 Å². The highest BCUT2D eigenvalue weighted by Gasteiger charge is 2.22. The monoisotopic (exact) mass is 247 g/mol. The lowest BCUT2D eigenvalue weighted by Gasteiger charge is -2.29. The number of nitrogen functional groups attached to an aromatic ring is 1. The first kappa shape index (κ1) is 12.9. The highest BCUT2D eigenvalue weighted by molar-refractivity contribution is 5.94. The van der Waals surface area contributed by atoms with Gasteiger partial charge in [0.25, 0.3) is 5.91 Å². The van der Waals surface area contributed by atoms with Crippen molar-refractivity contribution in [1.29, 1.82) is 0 Å². The van der Waals surface area contributed by atoms with E-state index in [9.17, 15) is 4.79 Å². The molecule has 98 valence electrons. The second kappa shape index (κ2) is 5.85. The van der Waals surface area contributed by atoms with Crippen molar-refractivity contribution in [2.75, 3.05) is 5.73 Å². The standard InChI is InChI=1S/C14H21N3O/c1-2-10-4-3-5-12(8-10)17-14(18)11-6-7-13(15)16-9-11/h6-7,9-10,12H,2-5,8H2,1H3,(H2,15,16)(H,17,18). The van der Waals surface area contributed by atoms with E-state index in [0.717, 1.165) is 18.8 Å². The minimum atomic E-state index is -0.0377. The smallest absolute Gasteiger partial charge is 0.253 e. The maximum atomic E-state index is 12.0. The summed E-state index contributed by atoms with van der Waals surface area (Å²) in [7, 11) is 0. The van der Waals surface area contributed by atoms with Gasteiger partial charge < -0.3 is 11.1 Å². The van der Waals surface area contributed by atoms with Crippen molar-refractivity contribution in [3.05, 3.63) is 23.9 Å². The first-order valence-electron chi connectivity index (χ1n) is 6.71. The predicted octanol–water partition coefficient (Wildman–Crippen LogP) is 2.36. The van der Waals surface area contributed by atoms with Crippen LogP contribution in [0.3, 0.4) is 0 Å². The number of nitrogens with two attached hydrogens (primary N) is 1. The molecule has 1 aliphatic rings. The number of hydrogen-bond donors (Lipinski definition) is 2. The number of carbonyl (C=O) groups is 1. The summed E-state index contributed by atoms with van der Waals surface area (Å²) < 4.78 is 0. The van der Waals surface area contributed by atoms with E-state index >= 15 is 0 Å². The molecule has 2 rings (SSSR count). The molecule has 1 amide bonds. The van der Waals surface area contributed by atoms with Crippen LogP contribution in [0.4, 0.5) is 5.82 Å². The molecule has 1 saturated carbocycles. The number of aromatic nitrogens is 1. The topological polar surface area (TPSA) is 68.0 Å². The third-order valence-corrected chi connectivity index (χ3v) is 3.74. The quantitative estimate of drug-likeness (QED) is 0.861. The highest BCUT2D eigenvalue weighted by Crippen LogP contribution is 2.26. The van der Waals surface area contributed by atoms with Gasteiger partial charge in [-0.2, -0.15) is 0 Å². The van der Waals surface area contributed by atoms with Gasteiger partial charge in [-0.05, 0) is 30.9 Å². The van der Waals surface area contributed by atoms with Gasteiger partial charge in [-0.15, -0.1) is 0 Å². The molecule has 2 unspecified atom stereocenters. The highest BCUT2D eigenvalue weighted by atomic mass is 16.1. The molecule has 1 heterocycles. The van der Waals surface area contributed by atoms with Gasteiger partial charge in [-0.3, -0.25) is 4.79 Å². The Labute approximate surface area is 108 Å². The van der Waals surface area contributed by atoms with Crippen molar-refractivity contribution in [3.8, 4) is 0 Å². The molecule has 0 saturated heterocycles. The van der Waals surface area contributed by atoms with E-state index < -0.39 is 0 Å². The van der Waals surface area contributed by atoms with Gasteiger partial charge >= 0.3 is 0 Å². The van der Waals surface area contributed by atoms with Crippen LogP contribution in [-0.2, 0) is 0 Å². The molecule has 0 spiro atoms. The fraction of sp³-hybridized carbons (Fsp3) is 0.571. The zero-order chi connectivity index (χ0) is 13.0. The third-order valence-electron chi connectivity index (χ3n) is 3.74. The van der Waals surface area contributed by atoms with Crippen molar-refractivity contribution in [2.24, 2.45) is 5.92 Å². The van der Waals surface area contributed by atoms with E-state index in [0.29, 0.717) is 17.4 Å². The largest absolute Gasteiger partial charge is 0.384 e. The Kier molecular flexibility index (Phi) is 4.18. The van der Waals surface area contributed by atoms with Gasteiger partial charge in [0.1, 0.15) is 5.82 Å². The Morgan fingerprint density at radius 3 is 3.00 bits per heavy atom. The molecule has 4 nitrogen and oxygen atoms in total. The van der Waals surface area contributed by atoms with Crippen LogP contribution in [0.2, 0.25) is 0 Å². The normalized spacial score (nSPS) is 23.6. The average Bonchev–Trinajstić information content (AvgIpc) is 2.39. The van der Waals surface area contributed by atoms with Crippen molar-refractivity contribution in [3.63, 3.8) is 0 Å². The lowest BCUT2D eigenvalue weighted by molar-refractivity contribution is 0.0919. The fourth-order valence-corrected chi connectivity index (χ4v) is 2.60. The first-order valence-corrected chi connectivity index (χ1v) is 6.71. The summed E-state index contributed by atoms with van der Waals surface area (Å²) in [6, 6.07) is 3.69. The lowest BCUT2D eigenvalue weighted by atomic mass is 9.84. The van der Waals surface area contributed by atoms with Gasteiger partial charge in [0.2, 0.25) is 0 Å². The Bertz CT molecular complexity index is 402. The summed E-state index contributed by atoms with van der Waals surface area (Å²) in [4.78, 5) is 16.0. The summed E-state index contributed by atoms with van der Waals surface area (Å²) in [6.45, 7) is 2.22. The minimum Gasteiger partial charge on any atom is -0.384 e. The first-order chi connectivity index (χ1) is 8.69. The second-order valence-electron chi connectivity index (χ2n) is 5.08. The Balaban J connectivity index is 1.92. The Hall–Kier alpha value is -1.58. The van der Waals surface area contributed by atoms with Crippen LogP contribution in [0, 0.1) is 5.92 Å². The van der Waals surface area contributed by atoms with Crippen molar-refractivity contribution >= 4 is 11.7 Å². The number of nitrogens with one attached hydrogen (secondary N) is 1. The van der Waals surface area contributed by atoms with Crippen LogP contribution >= 0.6 is 0 Å². The molecule has 0 radical (unpaired) electrons. The predicted molar refractivity (Wildman–Crippen MR) is 72.2 cm³/mol. The van der Waals surface area contributed by atoms with Crippen molar-refractivity contribution < 1.29 is 4.79 Å². The maximum absolute atomic E-state index is 12.0. The molecule has 0 aromatic carbocycles. The summed E-state index contributed by atoms with van der Waals surface area (Å²) in [6.07, 6.45) is 7.44. The van der Waals surface area contributed by atoms with E-state index in [1.165, 1.54) is 25.5 Å². The van der Waals surface area contributed by atoms with Crippen LogP contribution in [0.5, 0.6) is 0 Å². The number of pyridine rings is 1. The van der Waals surface area contributed by atoms with Gasteiger partial charge in [-0.1, -0.05) is 26.2 Å². The fourth-order valence-electron chi connectivity index (χ4n) is 2.60. The average molecular weight is 247 g/mol. The molecule has 0 aliphatic heterocycles. The van der Waals surface area contributed by atoms with E-state index in [1.54, 1.807) is 12.1 Å². The van der Waals surface area contributed by atoms with Crippen LogP contribution in [-0.4, -0.2) is 16.9 Å². The molecule has 3 N–H and O–H groups in total. The van der Waals surface area contributed by atoms with Crippen molar-refractivity contribution in [1.82, 2.24) is 10.3 Å². The van der Waals surface area contributed by atoms with Gasteiger partial charge in [0.05, 0.1) is 5.56 Å². The number of nitrogens with zero attached hydrogens (tertiary/aromatic N) is 1. The van der Waals surface area contributed by atoms with E-state index in [-0.39, 0.29) is 5.91 Å². The van der Waals surface area contributed by atoms with Gasteiger partial charge in [0.15, 0.2) is 0 Å². The Morgan fingerprint density at radius 2 is 2.33 bits per heavy atom. The zero-order valence-corrected chi connectivity index (χ0v) is 10.9. The second-order valence-corrected chi connectivity index (χ2v) is 5.08. The van der Waals surface area contributed by atoms with Crippen LogP contribution in [0.1, 0.15) is 49.4 Å². The number of hydrogen-bond acceptors (Lipinski definition) is 3. The summed E-state index contributed by atoms with van der Waals surface area (Å²) in [5, 5.41) is 3.10. The SMILES string of the molecule is CCC1CCCC(NC(=O)c2ccc(N)nc2)C1. The molecular formula is C14H21N3O.